The summed E-state index contributed by atoms with van der Waals surface area (Å²) in [6.07, 6.45) is 1.41. The number of likely N-dealkylation sites (tertiary alicyclic amines) is 1. The molecule has 0 radical (unpaired) electrons. The van der Waals surface area contributed by atoms with Gasteiger partial charge in [0.25, 0.3) is 0 Å². The van der Waals surface area contributed by atoms with Gasteiger partial charge in [-0.05, 0) is 43.5 Å². The molecule has 1 fully saturated rings. The average Bonchev–Trinajstić information content (AvgIpc) is 3.15. The molecule has 8 heteroatoms. The second-order valence-electron chi connectivity index (χ2n) is 7.65. The first-order valence-electron chi connectivity index (χ1n) is 10.8. The molecule has 2 aromatic carbocycles. The lowest BCUT2D eigenvalue weighted by molar-refractivity contribution is -0.128. The summed E-state index contributed by atoms with van der Waals surface area (Å²) in [7, 11) is 0. The Labute approximate surface area is 206 Å². The molecule has 0 saturated carbocycles. The van der Waals surface area contributed by atoms with Crippen molar-refractivity contribution in [2.24, 2.45) is 4.99 Å². The standard InChI is InChI=1S/C24H31FN4O2.HI/c1-3-26-24(27-15-18(2)31-22-11-6-10-21(25)14-22)28-16-19-8-4-5-9-20(19)17-29-13-7-12-23(29)30;/h4-6,8-11,14,18H,3,7,12-13,15-17H2,1-2H3,(H2,26,27,28);1H. The van der Waals surface area contributed by atoms with Gasteiger partial charge in [0.05, 0.1) is 13.1 Å². The molecule has 1 atom stereocenters. The topological polar surface area (TPSA) is 66.0 Å². The number of carbonyl (C=O) groups excluding carboxylic acids is 1. The molecule has 2 N–H and O–H groups in total. The van der Waals surface area contributed by atoms with Gasteiger partial charge in [0.15, 0.2) is 5.96 Å². The van der Waals surface area contributed by atoms with Gasteiger partial charge in [0.2, 0.25) is 5.91 Å². The summed E-state index contributed by atoms with van der Waals surface area (Å²) in [6.45, 7) is 7.14. The van der Waals surface area contributed by atoms with Gasteiger partial charge in [0, 0.05) is 32.1 Å². The van der Waals surface area contributed by atoms with E-state index in [1.165, 1.54) is 12.1 Å². The van der Waals surface area contributed by atoms with Crippen LogP contribution in [0.25, 0.3) is 0 Å². The Bertz CT molecular complexity index is 909. The van der Waals surface area contributed by atoms with Gasteiger partial charge in [-0.2, -0.15) is 0 Å². The van der Waals surface area contributed by atoms with Crippen molar-refractivity contribution in [1.29, 1.82) is 0 Å². The molecule has 1 amide bonds. The predicted octanol–water partition coefficient (Wildman–Crippen LogP) is 4.09. The number of hydrogen-bond acceptors (Lipinski definition) is 3. The molecule has 1 aliphatic rings. The number of aliphatic imine (C=N–C) groups is 1. The molecular formula is C24H32FIN4O2. The van der Waals surface area contributed by atoms with Crippen LogP contribution in [0, 0.1) is 5.82 Å². The largest absolute Gasteiger partial charge is 0.489 e. The minimum absolute atomic E-state index is 0. The average molecular weight is 554 g/mol. The fourth-order valence-electron chi connectivity index (χ4n) is 3.50. The third-order valence-electron chi connectivity index (χ3n) is 5.09. The number of carbonyl (C=O) groups is 1. The van der Waals surface area contributed by atoms with E-state index in [-0.39, 0.29) is 41.8 Å². The molecular weight excluding hydrogens is 522 g/mol. The minimum atomic E-state index is -0.318. The van der Waals surface area contributed by atoms with Crippen LogP contribution in [-0.4, -0.2) is 42.5 Å². The van der Waals surface area contributed by atoms with E-state index >= 15 is 0 Å². The van der Waals surface area contributed by atoms with Crippen LogP contribution in [0.5, 0.6) is 5.75 Å². The second-order valence-corrected chi connectivity index (χ2v) is 7.65. The molecule has 174 valence electrons. The highest BCUT2D eigenvalue weighted by Gasteiger charge is 2.20. The molecule has 6 nitrogen and oxygen atoms in total. The van der Waals surface area contributed by atoms with Gasteiger partial charge in [-0.15, -0.1) is 24.0 Å². The van der Waals surface area contributed by atoms with Crippen LogP contribution >= 0.6 is 24.0 Å². The van der Waals surface area contributed by atoms with Crippen molar-refractivity contribution in [2.75, 3.05) is 19.6 Å². The van der Waals surface area contributed by atoms with Crippen molar-refractivity contribution >= 4 is 35.8 Å². The zero-order valence-electron chi connectivity index (χ0n) is 18.6. The van der Waals surface area contributed by atoms with Gasteiger partial charge >= 0.3 is 0 Å². The van der Waals surface area contributed by atoms with Gasteiger partial charge in [-0.1, -0.05) is 30.3 Å². The summed E-state index contributed by atoms with van der Waals surface area (Å²) >= 11 is 0. The van der Waals surface area contributed by atoms with E-state index < -0.39 is 0 Å². The highest BCUT2D eigenvalue weighted by molar-refractivity contribution is 14.0. The summed E-state index contributed by atoms with van der Waals surface area (Å²) in [5, 5.41) is 6.52. The molecule has 1 saturated heterocycles. The summed E-state index contributed by atoms with van der Waals surface area (Å²) in [5.41, 5.74) is 2.23. The van der Waals surface area contributed by atoms with Crippen molar-refractivity contribution < 1.29 is 13.9 Å². The maximum atomic E-state index is 13.3. The van der Waals surface area contributed by atoms with E-state index in [2.05, 4.69) is 22.8 Å². The maximum absolute atomic E-state index is 13.3. The Balaban J connectivity index is 0.00000363. The Morgan fingerprint density at radius 3 is 2.66 bits per heavy atom. The van der Waals surface area contributed by atoms with Crippen molar-refractivity contribution in [2.45, 2.75) is 45.9 Å². The number of rotatable bonds is 9. The highest BCUT2D eigenvalue weighted by atomic mass is 127. The Hall–Kier alpha value is -2.36. The van der Waals surface area contributed by atoms with E-state index in [0.29, 0.717) is 37.8 Å². The Kier molecular flexibility index (Phi) is 10.7. The van der Waals surface area contributed by atoms with Crippen LogP contribution in [0.2, 0.25) is 0 Å². The van der Waals surface area contributed by atoms with Gasteiger partial charge in [0.1, 0.15) is 17.7 Å². The smallest absolute Gasteiger partial charge is 0.222 e. The third-order valence-corrected chi connectivity index (χ3v) is 5.09. The van der Waals surface area contributed by atoms with E-state index in [0.717, 1.165) is 30.6 Å². The molecule has 1 aliphatic heterocycles. The van der Waals surface area contributed by atoms with Gasteiger partial charge in [-0.3, -0.25) is 4.79 Å². The van der Waals surface area contributed by atoms with Gasteiger partial charge < -0.3 is 20.3 Å². The number of hydrogen-bond donors (Lipinski definition) is 2. The van der Waals surface area contributed by atoms with Crippen molar-refractivity contribution in [3.8, 4) is 5.75 Å². The van der Waals surface area contributed by atoms with E-state index in [4.69, 9.17) is 9.73 Å². The number of amides is 1. The van der Waals surface area contributed by atoms with Crippen LogP contribution in [0.3, 0.4) is 0 Å². The number of benzene rings is 2. The molecule has 0 aromatic heterocycles. The Morgan fingerprint density at radius 1 is 1.19 bits per heavy atom. The normalized spacial score (nSPS) is 14.7. The lowest BCUT2D eigenvalue weighted by Crippen LogP contribution is -2.41. The van der Waals surface area contributed by atoms with Crippen LogP contribution in [0.1, 0.15) is 37.8 Å². The minimum Gasteiger partial charge on any atom is -0.489 e. The van der Waals surface area contributed by atoms with E-state index in [1.54, 1.807) is 12.1 Å². The summed E-state index contributed by atoms with van der Waals surface area (Å²) in [6, 6.07) is 14.2. The van der Waals surface area contributed by atoms with Crippen molar-refractivity contribution in [3.63, 3.8) is 0 Å². The Morgan fingerprint density at radius 2 is 1.97 bits per heavy atom. The summed E-state index contributed by atoms with van der Waals surface area (Å²) < 4.78 is 19.1. The number of halogens is 2. The van der Waals surface area contributed by atoms with Crippen LogP contribution in [0.4, 0.5) is 4.39 Å². The lowest BCUT2D eigenvalue weighted by Gasteiger charge is -2.19. The first-order chi connectivity index (χ1) is 15.0. The predicted molar refractivity (Wildman–Crippen MR) is 136 cm³/mol. The number of nitrogens with one attached hydrogen (secondary N) is 2. The molecule has 0 aliphatic carbocycles. The van der Waals surface area contributed by atoms with E-state index in [1.807, 2.05) is 30.9 Å². The monoisotopic (exact) mass is 554 g/mol. The summed E-state index contributed by atoms with van der Waals surface area (Å²) in [4.78, 5) is 18.6. The number of nitrogens with zero attached hydrogens (tertiary/aromatic N) is 2. The fraction of sp³-hybridized carbons (Fsp3) is 0.417. The fourth-order valence-corrected chi connectivity index (χ4v) is 3.50. The zero-order valence-corrected chi connectivity index (χ0v) is 21.0. The first kappa shape index (κ1) is 25.9. The number of ether oxygens (including phenoxy) is 1. The zero-order chi connectivity index (χ0) is 22.1. The van der Waals surface area contributed by atoms with Crippen molar-refractivity contribution in [1.82, 2.24) is 15.5 Å². The molecule has 0 spiro atoms. The SMILES string of the molecule is CCNC(=NCc1ccccc1CN1CCCC1=O)NCC(C)Oc1cccc(F)c1.I. The van der Waals surface area contributed by atoms with Crippen LogP contribution in [0.15, 0.2) is 53.5 Å². The molecule has 32 heavy (non-hydrogen) atoms. The first-order valence-corrected chi connectivity index (χ1v) is 10.8. The van der Waals surface area contributed by atoms with Gasteiger partial charge in [-0.25, -0.2) is 9.38 Å². The molecule has 3 rings (SSSR count). The molecule has 1 unspecified atom stereocenters. The maximum Gasteiger partial charge on any atom is 0.222 e. The quantitative estimate of drug-likeness (QED) is 0.279. The molecule has 1 heterocycles. The molecule has 2 aromatic rings. The molecule has 0 bridgehead atoms. The third kappa shape index (κ3) is 7.96. The number of guanidine groups is 1. The van der Waals surface area contributed by atoms with Crippen molar-refractivity contribution in [3.05, 3.63) is 65.5 Å². The highest BCUT2D eigenvalue weighted by Crippen LogP contribution is 2.18. The second kappa shape index (κ2) is 13.2. The van der Waals surface area contributed by atoms with E-state index in [9.17, 15) is 9.18 Å². The van der Waals surface area contributed by atoms with Crippen LogP contribution in [-0.2, 0) is 17.9 Å². The van der Waals surface area contributed by atoms with Crippen LogP contribution < -0.4 is 15.4 Å². The lowest BCUT2D eigenvalue weighted by atomic mass is 10.1. The summed E-state index contributed by atoms with van der Waals surface area (Å²) in [5.74, 6) is 1.09.